The van der Waals surface area contributed by atoms with Crippen LogP contribution in [-0.2, 0) is 14.8 Å². The number of nitrogens with zero attached hydrogens (tertiary/aromatic N) is 1. The third-order valence-electron chi connectivity index (χ3n) is 3.46. The first-order chi connectivity index (χ1) is 9.93. The van der Waals surface area contributed by atoms with Crippen molar-refractivity contribution in [1.29, 1.82) is 0 Å². The minimum atomic E-state index is -3.40. The van der Waals surface area contributed by atoms with Crippen molar-refractivity contribution >= 4 is 21.6 Å². The lowest BCUT2D eigenvalue weighted by Crippen LogP contribution is -2.41. The van der Waals surface area contributed by atoms with Gasteiger partial charge in [-0.05, 0) is 37.1 Å². The Bertz CT molecular complexity index is 646. The minimum absolute atomic E-state index is 0.0963. The molecule has 0 heterocycles. The molecule has 0 aliphatic carbocycles. The monoisotopic (exact) mass is 326 g/mol. The lowest BCUT2D eigenvalue weighted by molar-refractivity contribution is -0.128. The number of benzene rings is 1. The van der Waals surface area contributed by atoms with Crippen LogP contribution in [0.1, 0.15) is 31.9 Å². The van der Waals surface area contributed by atoms with E-state index < -0.39 is 15.4 Å². The molecule has 0 radical (unpaired) electrons. The fraction of sp³-hybridized carbons (Fsp3) is 0.562. The van der Waals surface area contributed by atoms with Crippen molar-refractivity contribution in [2.24, 2.45) is 5.41 Å². The highest BCUT2D eigenvalue weighted by Gasteiger charge is 2.22. The molecular formula is C16H26N2O3S. The van der Waals surface area contributed by atoms with Gasteiger partial charge in [-0.25, -0.2) is 8.42 Å². The molecule has 1 aromatic carbocycles. The highest BCUT2D eigenvalue weighted by molar-refractivity contribution is 7.92. The SMILES string of the molecule is Cc1ccc(N(CCNC(=O)C(C)(C)C)S(C)(=O)=O)cc1C. The second-order valence-electron chi connectivity index (χ2n) is 6.61. The number of carbonyl (C=O) groups is 1. The number of anilines is 1. The van der Waals surface area contributed by atoms with Crippen LogP contribution < -0.4 is 9.62 Å². The lowest BCUT2D eigenvalue weighted by atomic mass is 9.96. The van der Waals surface area contributed by atoms with E-state index >= 15 is 0 Å². The molecular weight excluding hydrogens is 300 g/mol. The summed E-state index contributed by atoms with van der Waals surface area (Å²) in [5.74, 6) is -0.0963. The molecule has 124 valence electrons. The third-order valence-corrected chi connectivity index (χ3v) is 4.65. The molecule has 0 spiro atoms. The number of amides is 1. The zero-order valence-corrected chi connectivity index (χ0v) is 15.0. The summed E-state index contributed by atoms with van der Waals surface area (Å²) >= 11 is 0. The van der Waals surface area contributed by atoms with Gasteiger partial charge in [0, 0.05) is 12.0 Å². The Labute approximate surface area is 133 Å². The molecule has 0 aromatic heterocycles. The van der Waals surface area contributed by atoms with E-state index in [0.29, 0.717) is 5.69 Å². The van der Waals surface area contributed by atoms with Crippen LogP contribution in [-0.4, -0.2) is 33.7 Å². The second-order valence-corrected chi connectivity index (χ2v) is 8.52. The summed E-state index contributed by atoms with van der Waals surface area (Å²) in [6, 6.07) is 5.54. The van der Waals surface area contributed by atoms with Gasteiger partial charge in [0.1, 0.15) is 0 Å². The minimum Gasteiger partial charge on any atom is -0.354 e. The molecule has 1 aromatic rings. The molecule has 1 rings (SSSR count). The Morgan fingerprint density at radius 3 is 2.23 bits per heavy atom. The normalized spacial score (nSPS) is 12.1. The Morgan fingerprint density at radius 2 is 1.77 bits per heavy atom. The second kappa shape index (κ2) is 6.69. The molecule has 1 N–H and O–H groups in total. The summed E-state index contributed by atoms with van der Waals surface area (Å²) in [5, 5.41) is 2.78. The molecule has 22 heavy (non-hydrogen) atoms. The quantitative estimate of drug-likeness (QED) is 0.902. The summed E-state index contributed by atoms with van der Waals surface area (Å²) < 4.78 is 25.3. The van der Waals surface area contributed by atoms with Crippen LogP contribution in [0.4, 0.5) is 5.69 Å². The maximum absolute atomic E-state index is 12.0. The Kier molecular flexibility index (Phi) is 5.62. The van der Waals surface area contributed by atoms with E-state index in [4.69, 9.17) is 0 Å². The van der Waals surface area contributed by atoms with Gasteiger partial charge < -0.3 is 5.32 Å². The zero-order valence-electron chi connectivity index (χ0n) is 14.2. The maximum Gasteiger partial charge on any atom is 0.232 e. The summed E-state index contributed by atoms with van der Waals surface area (Å²) in [6.45, 7) is 9.87. The van der Waals surface area contributed by atoms with E-state index in [-0.39, 0.29) is 19.0 Å². The number of hydrogen-bond acceptors (Lipinski definition) is 3. The number of sulfonamides is 1. The molecule has 0 saturated carbocycles. The average molecular weight is 326 g/mol. The van der Waals surface area contributed by atoms with E-state index in [1.807, 2.05) is 46.8 Å². The lowest BCUT2D eigenvalue weighted by Gasteiger charge is -2.24. The van der Waals surface area contributed by atoms with E-state index in [0.717, 1.165) is 11.1 Å². The Morgan fingerprint density at radius 1 is 1.18 bits per heavy atom. The number of nitrogens with one attached hydrogen (secondary N) is 1. The van der Waals surface area contributed by atoms with E-state index in [1.54, 1.807) is 6.07 Å². The van der Waals surface area contributed by atoms with Crippen LogP contribution in [0, 0.1) is 19.3 Å². The van der Waals surface area contributed by atoms with Crippen molar-refractivity contribution in [3.05, 3.63) is 29.3 Å². The topological polar surface area (TPSA) is 66.5 Å². The Hall–Kier alpha value is -1.56. The van der Waals surface area contributed by atoms with Gasteiger partial charge in [0.2, 0.25) is 15.9 Å². The van der Waals surface area contributed by atoms with E-state index in [9.17, 15) is 13.2 Å². The van der Waals surface area contributed by atoms with Gasteiger partial charge in [-0.2, -0.15) is 0 Å². The molecule has 5 nitrogen and oxygen atoms in total. The van der Waals surface area contributed by atoms with Crippen LogP contribution in [0.15, 0.2) is 18.2 Å². The van der Waals surface area contributed by atoms with Gasteiger partial charge in [0.25, 0.3) is 0 Å². The predicted molar refractivity (Wildman–Crippen MR) is 90.6 cm³/mol. The van der Waals surface area contributed by atoms with Gasteiger partial charge in [-0.3, -0.25) is 9.10 Å². The molecule has 0 aliphatic heterocycles. The van der Waals surface area contributed by atoms with Gasteiger partial charge in [0.05, 0.1) is 18.5 Å². The molecule has 6 heteroatoms. The highest BCUT2D eigenvalue weighted by Crippen LogP contribution is 2.21. The largest absolute Gasteiger partial charge is 0.354 e. The smallest absolute Gasteiger partial charge is 0.232 e. The van der Waals surface area contributed by atoms with Crippen LogP contribution in [0.3, 0.4) is 0 Å². The number of rotatable bonds is 5. The van der Waals surface area contributed by atoms with Crippen LogP contribution in [0.5, 0.6) is 0 Å². The van der Waals surface area contributed by atoms with E-state index in [1.165, 1.54) is 10.6 Å². The average Bonchev–Trinajstić information content (AvgIpc) is 2.35. The maximum atomic E-state index is 12.0. The molecule has 0 atom stereocenters. The zero-order chi connectivity index (χ0) is 17.1. The van der Waals surface area contributed by atoms with Gasteiger partial charge in [-0.1, -0.05) is 26.8 Å². The summed E-state index contributed by atoms with van der Waals surface area (Å²) in [7, 11) is -3.40. The van der Waals surface area contributed by atoms with Crippen molar-refractivity contribution < 1.29 is 13.2 Å². The first kappa shape index (κ1) is 18.5. The molecule has 0 fully saturated rings. The van der Waals surface area contributed by atoms with E-state index in [2.05, 4.69) is 5.32 Å². The fourth-order valence-electron chi connectivity index (χ4n) is 1.90. The molecule has 1 amide bonds. The van der Waals surface area contributed by atoms with Crippen molar-refractivity contribution in [3.63, 3.8) is 0 Å². The van der Waals surface area contributed by atoms with Gasteiger partial charge in [0.15, 0.2) is 0 Å². The first-order valence-electron chi connectivity index (χ1n) is 7.26. The van der Waals surface area contributed by atoms with Crippen molar-refractivity contribution in [3.8, 4) is 0 Å². The van der Waals surface area contributed by atoms with Crippen molar-refractivity contribution in [1.82, 2.24) is 5.32 Å². The van der Waals surface area contributed by atoms with Crippen LogP contribution in [0.25, 0.3) is 0 Å². The summed E-state index contributed by atoms with van der Waals surface area (Å²) in [6.07, 6.45) is 1.17. The van der Waals surface area contributed by atoms with Gasteiger partial charge >= 0.3 is 0 Å². The number of carbonyl (C=O) groups excluding carboxylic acids is 1. The molecule has 0 unspecified atom stereocenters. The predicted octanol–water partition coefficient (Wildman–Crippen LogP) is 2.23. The van der Waals surface area contributed by atoms with Crippen molar-refractivity contribution in [2.75, 3.05) is 23.7 Å². The third kappa shape index (κ3) is 5.02. The summed E-state index contributed by atoms with van der Waals surface area (Å²) in [4.78, 5) is 11.9. The number of aryl methyl sites for hydroxylation is 2. The molecule has 0 aliphatic rings. The standard InChI is InChI=1S/C16H26N2O3S/c1-12-7-8-14(11-13(12)2)18(22(6,20)21)10-9-17-15(19)16(3,4)5/h7-8,11H,9-10H2,1-6H3,(H,17,19). The van der Waals surface area contributed by atoms with Crippen LogP contribution in [0.2, 0.25) is 0 Å². The highest BCUT2D eigenvalue weighted by atomic mass is 32.2. The first-order valence-corrected chi connectivity index (χ1v) is 9.11. The van der Waals surface area contributed by atoms with Crippen LogP contribution >= 0.6 is 0 Å². The molecule has 0 saturated heterocycles. The van der Waals surface area contributed by atoms with Gasteiger partial charge in [-0.15, -0.1) is 0 Å². The van der Waals surface area contributed by atoms with Crippen molar-refractivity contribution in [2.45, 2.75) is 34.6 Å². The number of hydrogen-bond donors (Lipinski definition) is 1. The summed E-state index contributed by atoms with van der Waals surface area (Å²) in [5.41, 5.74) is 2.27. The fourth-order valence-corrected chi connectivity index (χ4v) is 2.82. The Balaban J connectivity index is 2.88. The molecule has 0 bridgehead atoms.